The fourth-order valence-corrected chi connectivity index (χ4v) is 1.20. The molecule has 2 nitrogen and oxygen atoms in total. The van der Waals surface area contributed by atoms with Crippen LogP contribution >= 0.6 is 12.0 Å². The van der Waals surface area contributed by atoms with Gasteiger partial charge in [0.15, 0.2) is 0 Å². The van der Waals surface area contributed by atoms with E-state index in [1.807, 2.05) is 13.8 Å². The first-order valence-electron chi connectivity index (χ1n) is 4.04. The third kappa shape index (κ3) is 8.17. The summed E-state index contributed by atoms with van der Waals surface area (Å²) in [7, 11) is 0. The van der Waals surface area contributed by atoms with Crippen LogP contribution in [0.4, 0.5) is 0 Å². The largest absolute Gasteiger partial charge is 0.379 e. The van der Waals surface area contributed by atoms with E-state index in [9.17, 15) is 0 Å². The van der Waals surface area contributed by atoms with E-state index in [1.165, 1.54) is 0 Å². The minimum absolute atomic E-state index is 0.319. The molecule has 1 unspecified atom stereocenters. The predicted molar refractivity (Wildman–Crippen MR) is 50.0 cm³/mol. The van der Waals surface area contributed by atoms with Crippen molar-refractivity contribution in [1.82, 2.24) is 0 Å². The first kappa shape index (κ1) is 11.3. The SMILES string of the molecule is CC(CCSO)COC(C)C. The molecule has 0 aliphatic rings. The van der Waals surface area contributed by atoms with Gasteiger partial charge in [0.25, 0.3) is 0 Å². The van der Waals surface area contributed by atoms with Crippen molar-refractivity contribution in [3.63, 3.8) is 0 Å². The van der Waals surface area contributed by atoms with Crippen LogP contribution in [-0.4, -0.2) is 23.0 Å². The molecular weight excluding hydrogens is 160 g/mol. The van der Waals surface area contributed by atoms with Crippen LogP contribution in [0.2, 0.25) is 0 Å². The minimum Gasteiger partial charge on any atom is -0.379 e. The molecule has 0 heterocycles. The van der Waals surface area contributed by atoms with E-state index < -0.39 is 0 Å². The van der Waals surface area contributed by atoms with Crippen molar-refractivity contribution in [2.75, 3.05) is 12.4 Å². The maximum absolute atomic E-state index is 8.47. The lowest BCUT2D eigenvalue weighted by Gasteiger charge is -2.12. The summed E-state index contributed by atoms with van der Waals surface area (Å²) in [5.74, 6) is 1.36. The van der Waals surface area contributed by atoms with Crippen LogP contribution in [0.3, 0.4) is 0 Å². The fraction of sp³-hybridized carbons (Fsp3) is 1.00. The number of hydrogen-bond acceptors (Lipinski definition) is 3. The van der Waals surface area contributed by atoms with Gasteiger partial charge >= 0.3 is 0 Å². The zero-order valence-electron chi connectivity index (χ0n) is 7.54. The Balaban J connectivity index is 3.15. The molecule has 1 atom stereocenters. The van der Waals surface area contributed by atoms with Crippen LogP contribution in [0, 0.1) is 5.92 Å². The molecule has 0 spiro atoms. The zero-order chi connectivity index (χ0) is 8.69. The minimum atomic E-state index is 0.319. The molecule has 68 valence electrons. The Labute approximate surface area is 73.5 Å². The Bertz CT molecular complexity index is 86.2. The molecule has 0 rings (SSSR count). The van der Waals surface area contributed by atoms with Gasteiger partial charge in [-0.1, -0.05) is 6.92 Å². The average molecular weight is 178 g/mol. The second-order valence-electron chi connectivity index (χ2n) is 3.11. The Hall–Kier alpha value is 0.270. The fourth-order valence-electron chi connectivity index (χ4n) is 0.694. The maximum Gasteiger partial charge on any atom is 0.0519 e. The quantitative estimate of drug-likeness (QED) is 0.634. The number of ether oxygens (including phenoxy) is 1. The molecule has 0 aliphatic heterocycles. The predicted octanol–water partition coefficient (Wildman–Crippen LogP) is 2.64. The molecule has 0 aliphatic carbocycles. The molecule has 0 saturated heterocycles. The maximum atomic E-state index is 8.47. The molecule has 0 amide bonds. The van der Waals surface area contributed by atoms with Gasteiger partial charge in [0.2, 0.25) is 0 Å². The van der Waals surface area contributed by atoms with Gasteiger partial charge in [-0.25, -0.2) is 0 Å². The van der Waals surface area contributed by atoms with Gasteiger partial charge in [-0.05, 0) is 38.2 Å². The molecule has 3 heteroatoms. The summed E-state index contributed by atoms with van der Waals surface area (Å²) in [6.45, 7) is 7.01. The summed E-state index contributed by atoms with van der Waals surface area (Å²) in [5, 5.41) is 0. The summed E-state index contributed by atoms with van der Waals surface area (Å²) in [6, 6.07) is 0. The molecule has 0 saturated carbocycles. The topological polar surface area (TPSA) is 29.5 Å². The molecule has 0 fully saturated rings. The van der Waals surface area contributed by atoms with Gasteiger partial charge in [0.05, 0.1) is 6.10 Å². The van der Waals surface area contributed by atoms with E-state index >= 15 is 0 Å². The third-order valence-corrected chi connectivity index (χ3v) is 1.83. The van der Waals surface area contributed by atoms with Gasteiger partial charge in [0, 0.05) is 12.4 Å². The van der Waals surface area contributed by atoms with E-state index in [2.05, 4.69) is 6.92 Å². The second-order valence-corrected chi connectivity index (χ2v) is 3.78. The highest BCUT2D eigenvalue weighted by Crippen LogP contribution is 2.07. The Kier molecular flexibility index (Phi) is 7.12. The highest BCUT2D eigenvalue weighted by Gasteiger charge is 2.02. The first-order valence-corrected chi connectivity index (χ1v) is 4.99. The first-order chi connectivity index (χ1) is 5.16. The van der Waals surface area contributed by atoms with Gasteiger partial charge < -0.3 is 9.29 Å². The second kappa shape index (κ2) is 6.95. The Morgan fingerprint density at radius 1 is 1.36 bits per heavy atom. The highest BCUT2D eigenvalue weighted by molar-refractivity contribution is 7.93. The normalized spacial score (nSPS) is 13.9. The van der Waals surface area contributed by atoms with Crippen LogP contribution in [0.25, 0.3) is 0 Å². The lowest BCUT2D eigenvalue weighted by Crippen LogP contribution is -2.11. The summed E-state index contributed by atoms with van der Waals surface area (Å²) < 4.78 is 13.9. The van der Waals surface area contributed by atoms with Crippen molar-refractivity contribution in [3.8, 4) is 0 Å². The van der Waals surface area contributed by atoms with Crippen LogP contribution < -0.4 is 0 Å². The monoisotopic (exact) mass is 178 g/mol. The van der Waals surface area contributed by atoms with Crippen molar-refractivity contribution in [3.05, 3.63) is 0 Å². The zero-order valence-corrected chi connectivity index (χ0v) is 8.36. The molecule has 1 N–H and O–H groups in total. The summed E-state index contributed by atoms with van der Waals surface area (Å²) in [4.78, 5) is 0. The van der Waals surface area contributed by atoms with Crippen molar-refractivity contribution >= 4 is 12.0 Å². The Morgan fingerprint density at radius 3 is 2.45 bits per heavy atom. The van der Waals surface area contributed by atoms with Crippen LogP contribution in [0.15, 0.2) is 0 Å². The van der Waals surface area contributed by atoms with Gasteiger partial charge in [-0.2, -0.15) is 0 Å². The van der Waals surface area contributed by atoms with E-state index in [4.69, 9.17) is 9.29 Å². The highest BCUT2D eigenvalue weighted by atomic mass is 32.2. The van der Waals surface area contributed by atoms with Crippen molar-refractivity contribution in [1.29, 1.82) is 0 Å². The van der Waals surface area contributed by atoms with Crippen molar-refractivity contribution in [2.45, 2.75) is 33.3 Å². The molecule has 0 aromatic carbocycles. The molecule has 0 bridgehead atoms. The smallest absolute Gasteiger partial charge is 0.0519 e. The van der Waals surface area contributed by atoms with Gasteiger partial charge in [-0.15, -0.1) is 0 Å². The summed E-state index contributed by atoms with van der Waals surface area (Å²) >= 11 is 0.909. The van der Waals surface area contributed by atoms with Crippen molar-refractivity contribution < 1.29 is 9.29 Å². The standard InChI is InChI=1S/C8H18O2S/c1-7(2)10-6-8(3)4-5-11-9/h7-9H,4-6H2,1-3H3. The number of rotatable bonds is 6. The summed E-state index contributed by atoms with van der Waals surface area (Å²) in [6.07, 6.45) is 1.34. The third-order valence-electron chi connectivity index (χ3n) is 1.42. The van der Waals surface area contributed by atoms with Crippen LogP contribution in [0.1, 0.15) is 27.2 Å². The van der Waals surface area contributed by atoms with Crippen molar-refractivity contribution in [2.24, 2.45) is 5.92 Å². The van der Waals surface area contributed by atoms with E-state index in [1.54, 1.807) is 0 Å². The molecular formula is C8H18O2S. The summed E-state index contributed by atoms with van der Waals surface area (Å²) in [5.41, 5.74) is 0. The van der Waals surface area contributed by atoms with E-state index in [0.29, 0.717) is 12.0 Å². The lowest BCUT2D eigenvalue weighted by atomic mass is 10.1. The number of hydrogen-bond donors (Lipinski definition) is 1. The van der Waals surface area contributed by atoms with Gasteiger partial charge in [0.1, 0.15) is 0 Å². The van der Waals surface area contributed by atoms with Crippen LogP contribution in [0.5, 0.6) is 0 Å². The molecule has 0 radical (unpaired) electrons. The van der Waals surface area contributed by atoms with Crippen LogP contribution in [-0.2, 0) is 4.74 Å². The molecule has 11 heavy (non-hydrogen) atoms. The van der Waals surface area contributed by atoms with Gasteiger partial charge in [-0.3, -0.25) is 0 Å². The average Bonchev–Trinajstić information content (AvgIpc) is 1.97. The molecule has 0 aromatic rings. The lowest BCUT2D eigenvalue weighted by molar-refractivity contribution is 0.0547. The van der Waals surface area contributed by atoms with E-state index in [0.717, 1.165) is 30.8 Å². The Morgan fingerprint density at radius 2 is 2.00 bits per heavy atom. The molecule has 0 aromatic heterocycles. The van der Waals surface area contributed by atoms with E-state index in [-0.39, 0.29) is 0 Å².